The number of nitrogen functional groups attached to an aromatic ring is 1. The summed E-state index contributed by atoms with van der Waals surface area (Å²) < 4.78 is 70.0. The minimum absolute atomic E-state index is 0.172. The molecular weight excluding hydrogens is 560 g/mol. The van der Waals surface area contributed by atoms with Crippen LogP contribution in [0.2, 0.25) is 0 Å². The fourth-order valence-electron chi connectivity index (χ4n) is 4.40. The smallest absolute Gasteiger partial charge is 0.165 e. The Balaban J connectivity index is 1.68. The van der Waals surface area contributed by atoms with Gasteiger partial charge in [0.05, 0.1) is 25.6 Å². The molecule has 1 fully saturated rings. The van der Waals surface area contributed by atoms with Crippen LogP contribution in [0.15, 0.2) is 42.6 Å². The Morgan fingerprint density at radius 3 is 2.63 bits per heavy atom. The number of rotatable bonds is 11. The van der Waals surface area contributed by atoms with Crippen LogP contribution in [0.1, 0.15) is 6.42 Å². The van der Waals surface area contributed by atoms with E-state index in [1.807, 2.05) is 4.90 Å². The van der Waals surface area contributed by atoms with Gasteiger partial charge in [0.2, 0.25) is 0 Å². The van der Waals surface area contributed by atoms with Crippen molar-refractivity contribution in [2.45, 2.75) is 6.42 Å². The average Bonchev–Trinajstić information content (AvgIpc) is 3.00. The quantitative estimate of drug-likeness (QED) is 0.128. The van der Waals surface area contributed by atoms with Crippen LogP contribution in [0.4, 0.5) is 34.9 Å². The highest BCUT2D eigenvalue weighted by Gasteiger charge is 2.23. The molecule has 0 aliphatic carbocycles. The summed E-state index contributed by atoms with van der Waals surface area (Å²) in [7, 11) is 0. The molecule has 0 radical (unpaired) electrons. The monoisotopic (exact) mass is 588 g/mol. The van der Waals surface area contributed by atoms with Gasteiger partial charge in [0.15, 0.2) is 23.3 Å². The number of alkyl halides is 2. The predicted octanol–water partition coefficient (Wildman–Crippen LogP) is 5.82. The van der Waals surface area contributed by atoms with Crippen LogP contribution < -0.4 is 20.1 Å². The molecule has 0 unspecified atom stereocenters. The molecule has 1 aliphatic heterocycles. The van der Waals surface area contributed by atoms with Gasteiger partial charge in [-0.05, 0) is 36.2 Å². The molecule has 3 N–H and O–H groups in total. The van der Waals surface area contributed by atoms with Crippen molar-refractivity contribution in [1.29, 1.82) is 0 Å². The second-order valence-corrected chi connectivity index (χ2v) is 10.0. The third-order valence-corrected chi connectivity index (χ3v) is 7.25. The summed E-state index contributed by atoms with van der Waals surface area (Å²) in [5.74, 6) is -0.0979. The Morgan fingerprint density at radius 2 is 1.88 bits per heavy atom. The SMILES string of the molecule is Nc1ncc(-c2nc(N3CCOCC3)c3cc(-c4cccc(NSCCCF)c4F)cc(OCCF)c3n2)cc1F. The topological polar surface area (TPSA) is 98.4 Å². The van der Waals surface area contributed by atoms with Gasteiger partial charge in [-0.25, -0.2) is 28.1 Å². The number of pyridine rings is 1. The van der Waals surface area contributed by atoms with E-state index in [0.29, 0.717) is 66.3 Å². The molecule has 2 aromatic carbocycles. The second kappa shape index (κ2) is 13.2. The van der Waals surface area contributed by atoms with E-state index in [-0.39, 0.29) is 35.2 Å². The van der Waals surface area contributed by atoms with Crippen molar-refractivity contribution in [3.63, 3.8) is 0 Å². The maximum atomic E-state index is 15.7. The molecule has 0 spiro atoms. The lowest BCUT2D eigenvalue weighted by molar-refractivity contribution is 0.122. The number of nitrogens with zero attached hydrogens (tertiary/aromatic N) is 4. The number of benzene rings is 2. The zero-order valence-electron chi connectivity index (χ0n) is 22.0. The van der Waals surface area contributed by atoms with Crippen molar-refractivity contribution in [3.8, 4) is 28.3 Å². The lowest BCUT2D eigenvalue weighted by atomic mass is 10.0. The van der Waals surface area contributed by atoms with Crippen LogP contribution in [0, 0.1) is 11.6 Å². The first-order valence-electron chi connectivity index (χ1n) is 13.0. The molecule has 41 heavy (non-hydrogen) atoms. The zero-order valence-corrected chi connectivity index (χ0v) is 22.8. The maximum absolute atomic E-state index is 15.7. The van der Waals surface area contributed by atoms with Gasteiger partial charge in [0.1, 0.15) is 30.4 Å². The fourth-order valence-corrected chi connectivity index (χ4v) is 5.07. The van der Waals surface area contributed by atoms with Gasteiger partial charge < -0.3 is 24.8 Å². The van der Waals surface area contributed by atoms with Gasteiger partial charge in [0.25, 0.3) is 0 Å². The number of aromatic nitrogens is 3. The van der Waals surface area contributed by atoms with Crippen LogP contribution >= 0.6 is 11.9 Å². The zero-order chi connectivity index (χ0) is 28.8. The normalized spacial score (nSPS) is 13.5. The summed E-state index contributed by atoms with van der Waals surface area (Å²) in [5, 5.41) is 0.543. The first kappa shape index (κ1) is 28.7. The van der Waals surface area contributed by atoms with Crippen molar-refractivity contribution in [1.82, 2.24) is 15.0 Å². The van der Waals surface area contributed by atoms with Crippen LogP contribution in [0.5, 0.6) is 5.75 Å². The number of morpholine rings is 1. The molecule has 2 aromatic heterocycles. The van der Waals surface area contributed by atoms with E-state index < -0.39 is 25.0 Å². The molecule has 1 aliphatic rings. The summed E-state index contributed by atoms with van der Waals surface area (Å²) in [6.45, 7) is 0.520. The van der Waals surface area contributed by atoms with E-state index in [1.54, 1.807) is 30.3 Å². The summed E-state index contributed by atoms with van der Waals surface area (Å²) >= 11 is 1.21. The number of ether oxygens (including phenoxy) is 2. The molecule has 3 heterocycles. The van der Waals surface area contributed by atoms with Crippen molar-refractivity contribution in [3.05, 3.63) is 54.2 Å². The van der Waals surface area contributed by atoms with E-state index in [0.717, 1.165) is 0 Å². The van der Waals surface area contributed by atoms with Crippen LogP contribution in [-0.2, 0) is 4.74 Å². The summed E-state index contributed by atoms with van der Waals surface area (Å²) in [4.78, 5) is 15.3. The minimum atomic E-state index is -0.753. The Labute approximate surface area is 238 Å². The molecular formula is C28H28F4N6O2S. The number of nitrogens with one attached hydrogen (secondary N) is 1. The van der Waals surface area contributed by atoms with Crippen molar-refractivity contribution < 1.29 is 27.0 Å². The second-order valence-electron chi connectivity index (χ2n) is 9.13. The Morgan fingerprint density at radius 1 is 1.05 bits per heavy atom. The number of hydrogen-bond acceptors (Lipinski definition) is 9. The first-order chi connectivity index (χ1) is 20.0. The van der Waals surface area contributed by atoms with E-state index in [4.69, 9.17) is 20.2 Å². The van der Waals surface area contributed by atoms with E-state index in [2.05, 4.69) is 14.7 Å². The Bertz CT molecular complexity index is 1520. The summed E-state index contributed by atoms with van der Waals surface area (Å²) in [6, 6.07) is 9.47. The highest BCUT2D eigenvalue weighted by molar-refractivity contribution is 8.00. The number of halogens is 4. The molecule has 1 saturated heterocycles. The van der Waals surface area contributed by atoms with E-state index >= 15 is 4.39 Å². The summed E-state index contributed by atoms with van der Waals surface area (Å²) in [5.41, 5.74) is 7.19. The Hall–Kier alpha value is -3.84. The van der Waals surface area contributed by atoms with Crippen molar-refractivity contribution in [2.24, 2.45) is 0 Å². The van der Waals surface area contributed by atoms with Crippen molar-refractivity contribution >= 4 is 40.2 Å². The first-order valence-corrected chi connectivity index (χ1v) is 14.0. The molecule has 0 amide bonds. The minimum Gasteiger partial charge on any atom is -0.489 e. The predicted molar refractivity (Wildman–Crippen MR) is 154 cm³/mol. The highest BCUT2D eigenvalue weighted by Crippen LogP contribution is 2.39. The molecule has 0 saturated carbocycles. The molecule has 0 atom stereocenters. The molecule has 216 valence electrons. The highest BCUT2D eigenvalue weighted by atomic mass is 32.2. The molecule has 4 aromatic rings. The van der Waals surface area contributed by atoms with Crippen LogP contribution in [0.25, 0.3) is 33.4 Å². The third kappa shape index (κ3) is 6.41. The number of hydrogen-bond donors (Lipinski definition) is 2. The van der Waals surface area contributed by atoms with Gasteiger partial charge >= 0.3 is 0 Å². The third-order valence-electron chi connectivity index (χ3n) is 6.39. The number of fused-ring (bicyclic) bond motifs is 1. The molecule has 13 heteroatoms. The largest absolute Gasteiger partial charge is 0.489 e. The molecule has 5 rings (SSSR count). The standard InChI is InChI=1S/C28H28F4N6O2S/c29-5-2-12-41-37-22-4-1-3-19(24(22)32)17-13-20-25(23(15-17)40-9-6-30)35-27(18-14-21(31)26(33)34-16-18)36-28(20)38-7-10-39-11-8-38/h1,3-4,13-16,37H,2,5-12H2,(H2,33,34). The van der Waals surface area contributed by atoms with Gasteiger partial charge in [0, 0.05) is 41.6 Å². The number of anilines is 3. The van der Waals surface area contributed by atoms with Gasteiger partial charge in [-0.2, -0.15) is 0 Å². The molecule has 8 nitrogen and oxygen atoms in total. The maximum Gasteiger partial charge on any atom is 0.165 e. The fraction of sp³-hybridized carbons (Fsp3) is 0.321. The lowest BCUT2D eigenvalue weighted by Gasteiger charge is -2.29. The van der Waals surface area contributed by atoms with Gasteiger partial charge in [-0.1, -0.05) is 24.1 Å². The number of nitrogens with two attached hydrogens (primary N) is 1. The van der Waals surface area contributed by atoms with E-state index in [1.165, 1.54) is 24.2 Å². The molecule has 0 bridgehead atoms. The van der Waals surface area contributed by atoms with Gasteiger partial charge in [-0.3, -0.25) is 4.39 Å². The van der Waals surface area contributed by atoms with E-state index in [9.17, 15) is 13.2 Å². The van der Waals surface area contributed by atoms with Crippen LogP contribution in [-0.4, -0.2) is 67.0 Å². The Kier molecular flexibility index (Phi) is 9.24. The van der Waals surface area contributed by atoms with Crippen molar-refractivity contribution in [2.75, 3.05) is 67.4 Å². The van der Waals surface area contributed by atoms with Gasteiger partial charge in [-0.15, -0.1) is 0 Å². The summed E-state index contributed by atoms with van der Waals surface area (Å²) in [6.07, 6.45) is 1.73. The van der Waals surface area contributed by atoms with Crippen LogP contribution in [0.3, 0.4) is 0 Å². The average molecular weight is 589 g/mol. The lowest BCUT2D eigenvalue weighted by Crippen LogP contribution is -2.37.